The quantitative estimate of drug-likeness (QED) is 0.541. The minimum Gasteiger partial charge on any atom is -0.378 e. The predicted molar refractivity (Wildman–Crippen MR) is 130 cm³/mol. The number of fused-ring (bicyclic) bond motifs is 1. The van der Waals surface area contributed by atoms with Gasteiger partial charge in [0.2, 0.25) is 21.9 Å². The maximum Gasteiger partial charge on any atom is 0.230 e. The lowest BCUT2D eigenvalue weighted by Crippen LogP contribution is -2.49. The van der Waals surface area contributed by atoms with Crippen molar-refractivity contribution in [1.29, 1.82) is 0 Å². The molecule has 176 valence electrons. The second-order valence-electron chi connectivity index (χ2n) is 8.38. The number of benzene rings is 1. The summed E-state index contributed by atoms with van der Waals surface area (Å²) in [6.07, 6.45) is 1.25. The van der Waals surface area contributed by atoms with Gasteiger partial charge in [-0.25, -0.2) is 13.4 Å². The Labute approximate surface area is 197 Å². The molecule has 2 aliphatic rings. The molecule has 2 aliphatic heterocycles. The van der Waals surface area contributed by atoms with Gasteiger partial charge >= 0.3 is 0 Å². The number of hydrogen-bond acceptors (Lipinski definition) is 10. The van der Waals surface area contributed by atoms with Crippen LogP contribution in [0, 0.1) is 13.8 Å². The fraction of sp³-hybridized carbons (Fsp3) is 0.524. The summed E-state index contributed by atoms with van der Waals surface area (Å²) >= 11 is 1.66. The molecule has 1 aromatic carbocycles. The van der Waals surface area contributed by atoms with Gasteiger partial charge in [0.25, 0.3) is 0 Å². The van der Waals surface area contributed by atoms with Crippen LogP contribution < -0.4 is 9.80 Å². The Hall–Kier alpha value is -2.41. The van der Waals surface area contributed by atoms with Crippen LogP contribution in [0.4, 0.5) is 11.9 Å². The molecule has 4 heterocycles. The molecular weight excluding hydrogens is 462 g/mol. The molecule has 0 aliphatic carbocycles. The monoisotopic (exact) mass is 489 g/mol. The molecule has 33 heavy (non-hydrogen) atoms. The lowest BCUT2D eigenvalue weighted by molar-refractivity contribution is 0.122. The van der Waals surface area contributed by atoms with E-state index in [1.54, 1.807) is 11.3 Å². The molecule has 2 fully saturated rings. The number of rotatable bonds is 4. The number of nitrogens with zero attached hydrogens (tertiary/aromatic N) is 7. The minimum atomic E-state index is -3.20. The van der Waals surface area contributed by atoms with E-state index >= 15 is 0 Å². The third-order valence-corrected chi connectivity index (χ3v) is 8.17. The van der Waals surface area contributed by atoms with Crippen LogP contribution in [0.15, 0.2) is 12.1 Å². The summed E-state index contributed by atoms with van der Waals surface area (Å²) in [6, 6.07) is 4.17. The minimum absolute atomic E-state index is 0.415. The normalized spacial score (nSPS) is 18.3. The van der Waals surface area contributed by atoms with Crippen LogP contribution in [-0.2, 0) is 14.8 Å². The van der Waals surface area contributed by atoms with Gasteiger partial charge in [-0.3, -0.25) is 0 Å². The standard InChI is InChI=1S/C21H27N7O3S2/c1-14-12-16(13-17-18(14)22-15(2)32-17)19-23-20(25-21(24-19)27-8-10-31-11-9-27)26-4-6-28(7-5-26)33(3,29)30/h12-13H,4-11H2,1-3H3. The van der Waals surface area contributed by atoms with E-state index in [0.29, 0.717) is 57.1 Å². The second-order valence-corrected chi connectivity index (χ2v) is 11.6. The Balaban J connectivity index is 1.54. The molecule has 5 rings (SSSR count). The van der Waals surface area contributed by atoms with Gasteiger partial charge in [-0.05, 0) is 31.5 Å². The third kappa shape index (κ3) is 4.65. The van der Waals surface area contributed by atoms with Gasteiger partial charge in [-0.2, -0.15) is 19.3 Å². The van der Waals surface area contributed by atoms with Gasteiger partial charge in [-0.15, -0.1) is 11.3 Å². The number of hydrogen-bond donors (Lipinski definition) is 0. The first-order valence-electron chi connectivity index (χ1n) is 10.9. The van der Waals surface area contributed by atoms with Crippen molar-refractivity contribution in [3.8, 4) is 11.4 Å². The first kappa shape index (κ1) is 22.4. The fourth-order valence-corrected chi connectivity index (χ4v) is 5.96. The van der Waals surface area contributed by atoms with E-state index in [2.05, 4.69) is 28.9 Å². The van der Waals surface area contributed by atoms with E-state index in [-0.39, 0.29) is 0 Å². The lowest BCUT2D eigenvalue weighted by Gasteiger charge is -2.34. The number of aryl methyl sites for hydroxylation is 2. The molecule has 12 heteroatoms. The first-order valence-corrected chi connectivity index (χ1v) is 13.6. The maximum absolute atomic E-state index is 11.9. The Morgan fingerprint density at radius 1 is 0.879 bits per heavy atom. The Morgan fingerprint density at radius 2 is 1.52 bits per heavy atom. The van der Waals surface area contributed by atoms with E-state index in [4.69, 9.17) is 19.7 Å². The summed E-state index contributed by atoms with van der Waals surface area (Å²) < 4.78 is 31.9. The van der Waals surface area contributed by atoms with E-state index < -0.39 is 10.0 Å². The molecule has 2 saturated heterocycles. The zero-order valence-corrected chi connectivity index (χ0v) is 20.6. The van der Waals surface area contributed by atoms with Crippen molar-refractivity contribution in [2.24, 2.45) is 0 Å². The summed E-state index contributed by atoms with van der Waals surface area (Å²) in [5.74, 6) is 1.82. The fourth-order valence-electron chi connectivity index (χ4n) is 4.19. The number of anilines is 2. The van der Waals surface area contributed by atoms with Crippen molar-refractivity contribution in [1.82, 2.24) is 24.2 Å². The van der Waals surface area contributed by atoms with E-state index in [0.717, 1.165) is 39.4 Å². The highest BCUT2D eigenvalue weighted by molar-refractivity contribution is 7.88. The van der Waals surface area contributed by atoms with E-state index in [1.807, 2.05) is 11.8 Å². The van der Waals surface area contributed by atoms with Crippen molar-refractivity contribution in [2.45, 2.75) is 13.8 Å². The molecular formula is C21H27N7O3S2. The van der Waals surface area contributed by atoms with Gasteiger partial charge in [0.05, 0.1) is 34.7 Å². The van der Waals surface area contributed by atoms with Crippen molar-refractivity contribution in [3.63, 3.8) is 0 Å². The van der Waals surface area contributed by atoms with E-state index in [1.165, 1.54) is 10.6 Å². The third-order valence-electron chi connectivity index (χ3n) is 5.95. The highest BCUT2D eigenvalue weighted by atomic mass is 32.2. The molecule has 0 spiro atoms. The van der Waals surface area contributed by atoms with Gasteiger partial charge < -0.3 is 14.5 Å². The molecule has 2 aromatic heterocycles. The molecule has 0 bridgehead atoms. The van der Waals surface area contributed by atoms with Crippen LogP contribution in [0.2, 0.25) is 0 Å². The highest BCUT2D eigenvalue weighted by Gasteiger charge is 2.26. The predicted octanol–water partition coefficient (Wildman–Crippen LogP) is 1.68. The molecule has 0 N–H and O–H groups in total. The number of piperazine rings is 1. The molecule has 0 saturated carbocycles. The number of sulfonamides is 1. The lowest BCUT2D eigenvalue weighted by atomic mass is 10.1. The molecule has 0 amide bonds. The average molecular weight is 490 g/mol. The Bertz CT molecular complexity index is 1280. The van der Waals surface area contributed by atoms with Crippen LogP contribution in [0.1, 0.15) is 10.6 Å². The summed E-state index contributed by atoms with van der Waals surface area (Å²) in [4.78, 5) is 23.2. The summed E-state index contributed by atoms with van der Waals surface area (Å²) in [5.41, 5.74) is 3.03. The first-order chi connectivity index (χ1) is 15.8. The van der Waals surface area contributed by atoms with Crippen molar-refractivity contribution in [2.75, 3.05) is 68.5 Å². The Morgan fingerprint density at radius 3 is 2.15 bits per heavy atom. The molecule has 10 nitrogen and oxygen atoms in total. The molecule has 3 aromatic rings. The van der Waals surface area contributed by atoms with Gasteiger partial charge in [-0.1, -0.05) is 0 Å². The zero-order chi connectivity index (χ0) is 23.2. The van der Waals surface area contributed by atoms with Gasteiger partial charge in [0, 0.05) is 44.8 Å². The van der Waals surface area contributed by atoms with Crippen molar-refractivity contribution < 1.29 is 13.2 Å². The van der Waals surface area contributed by atoms with Crippen molar-refractivity contribution in [3.05, 3.63) is 22.7 Å². The van der Waals surface area contributed by atoms with Crippen LogP contribution in [0.5, 0.6) is 0 Å². The number of morpholine rings is 1. The number of aromatic nitrogens is 4. The topological polar surface area (TPSA) is 105 Å². The smallest absolute Gasteiger partial charge is 0.230 e. The molecule has 0 radical (unpaired) electrons. The van der Waals surface area contributed by atoms with Crippen LogP contribution in [-0.4, -0.2) is 91.4 Å². The summed E-state index contributed by atoms with van der Waals surface area (Å²) in [7, 11) is -3.20. The average Bonchev–Trinajstić information content (AvgIpc) is 3.20. The highest BCUT2D eigenvalue weighted by Crippen LogP contribution is 2.31. The van der Waals surface area contributed by atoms with Gasteiger partial charge in [0.1, 0.15) is 0 Å². The molecule has 0 unspecified atom stereocenters. The number of thiazole rings is 1. The van der Waals surface area contributed by atoms with E-state index in [9.17, 15) is 8.42 Å². The summed E-state index contributed by atoms with van der Waals surface area (Å²) in [5, 5.41) is 1.03. The van der Waals surface area contributed by atoms with Crippen LogP contribution in [0.25, 0.3) is 21.6 Å². The van der Waals surface area contributed by atoms with Gasteiger partial charge in [0.15, 0.2) is 5.82 Å². The SMILES string of the molecule is Cc1nc2c(C)cc(-c3nc(N4CCOCC4)nc(N4CCN(S(C)(=O)=O)CC4)n3)cc2s1. The summed E-state index contributed by atoms with van der Waals surface area (Å²) in [6.45, 7) is 8.67. The maximum atomic E-state index is 11.9. The zero-order valence-electron chi connectivity index (χ0n) is 19.0. The van der Waals surface area contributed by atoms with Crippen molar-refractivity contribution >= 4 is 43.5 Å². The number of ether oxygens (including phenoxy) is 1. The largest absolute Gasteiger partial charge is 0.378 e. The second kappa shape index (κ2) is 8.75. The molecule has 0 atom stereocenters. The Kier molecular flexibility index (Phi) is 5.93. The van der Waals surface area contributed by atoms with Crippen LogP contribution in [0.3, 0.4) is 0 Å². The van der Waals surface area contributed by atoms with Crippen LogP contribution >= 0.6 is 11.3 Å².